The Labute approximate surface area is 106 Å². The molecule has 0 saturated carbocycles. The van der Waals surface area contributed by atoms with Crippen molar-refractivity contribution in [3.8, 4) is 0 Å². The van der Waals surface area contributed by atoms with Crippen LogP contribution in [0.25, 0.3) is 0 Å². The van der Waals surface area contributed by atoms with E-state index in [0.29, 0.717) is 12.2 Å². The molecular weight excluding hydrogens is 226 g/mol. The lowest BCUT2D eigenvalue weighted by Crippen LogP contribution is -2.37. The van der Waals surface area contributed by atoms with Crippen LogP contribution in [0.3, 0.4) is 0 Å². The Hall–Kier alpha value is -2.03. The normalized spacial score (nSPS) is 25.6. The van der Waals surface area contributed by atoms with Gasteiger partial charge in [0.15, 0.2) is 5.76 Å². The fourth-order valence-corrected chi connectivity index (χ4v) is 2.70. The molecule has 3 nitrogen and oxygen atoms in total. The van der Waals surface area contributed by atoms with Crippen LogP contribution in [0.1, 0.15) is 6.42 Å². The molecule has 0 saturated heterocycles. The highest BCUT2D eigenvalue weighted by molar-refractivity contribution is 5.98. The van der Waals surface area contributed by atoms with Crippen LogP contribution < -0.4 is 0 Å². The van der Waals surface area contributed by atoms with Gasteiger partial charge in [0.2, 0.25) is 5.78 Å². The molecule has 1 heterocycles. The third-order valence-corrected chi connectivity index (χ3v) is 3.60. The lowest BCUT2D eigenvalue weighted by Gasteiger charge is -2.38. The number of carbonyl (C=O) groups excluding carboxylic acids is 1. The highest BCUT2D eigenvalue weighted by atomic mass is 16.5. The predicted octanol–water partition coefficient (Wildman–Crippen LogP) is 2.11. The summed E-state index contributed by atoms with van der Waals surface area (Å²) in [6.07, 6.45) is 12.8. The van der Waals surface area contributed by atoms with Gasteiger partial charge in [-0.25, -0.2) is 0 Å². The van der Waals surface area contributed by atoms with E-state index in [1.807, 2.05) is 12.2 Å². The summed E-state index contributed by atoms with van der Waals surface area (Å²) in [4.78, 5) is 14.0. The molecule has 0 radical (unpaired) electrons. The topological polar surface area (TPSA) is 29.5 Å². The zero-order valence-corrected chi connectivity index (χ0v) is 10.5. The summed E-state index contributed by atoms with van der Waals surface area (Å²) in [5, 5.41) is 0. The van der Waals surface area contributed by atoms with E-state index in [1.165, 1.54) is 5.57 Å². The van der Waals surface area contributed by atoms with Crippen molar-refractivity contribution in [3.63, 3.8) is 0 Å². The van der Waals surface area contributed by atoms with Crippen molar-refractivity contribution in [2.45, 2.75) is 12.5 Å². The highest BCUT2D eigenvalue weighted by Gasteiger charge is 2.31. The summed E-state index contributed by atoms with van der Waals surface area (Å²) in [6, 6.07) is 0.260. The quantitative estimate of drug-likeness (QED) is 0.704. The minimum atomic E-state index is 0.0512. The lowest BCUT2D eigenvalue weighted by molar-refractivity contribution is -0.117. The number of hydrogen-bond donors (Lipinski definition) is 0. The first kappa shape index (κ1) is 11.1. The van der Waals surface area contributed by atoms with Crippen molar-refractivity contribution in [3.05, 3.63) is 59.1 Å². The van der Waals surface area contributed by atoms with Crippen LogP contribution in [-0.4, -0.2) is 30.9 Å². The van der Waals surface area contributed by atoms with Gasteiger partial charge in [0.1, 0.15) is 0 Å². The minimum absolute atomic E-state index is 0.0512. The van der Waals surface area contributed by atoms with Crippen molar-refractivity contribution in [1.29, 1.82) is 0 Å². The Morgan fingerprint density at radius 3 is 3.00 bits per heavy atom. The number of methoxy groups -OCH3 is 1. The van der Waals surface area contributed by atoms with Gasteiger partial charge in [-0.1, -0.05) is 30.4 Å². The van der Waals surface area contributed by atoms with E-state index in [4.69, 9.17) is 4.74 Å². The maximum atomic E-state index is 11.8. The van der Waals surface area contributed by atoms with E-state index in [9.17, 15) is 4.79 Å². The molecule has 1 atom stereocenters. The van der Waals surface area contributed by atoms with Crippen LogP contribution in [0.5, 0.6) is 0 Å². The second-order valence-corrected chi connectivity index (χ2v) is 4.61. The first-order valence-electron chi connectivity index (χ1n) is 6.03. The Morgan fingerprint density at radius 1 is 1.39 bits per heavy atom. The SMILES string of the molecule is COC1=C2C=C3C=CC=CC3N(C)C2=CCC1=O. The molecule has 0 fully saturated rings. The van der Waals surface area contributed by atoms with Crippen LogP contribution in [0.2, 0.25) is 0 Å². The molecule has 0 bridgehead atoms. The molecule has 92 valence electrons. The number of likely N-dealkylation sites (N-methyl/N-ethyl adjacent to an activating group) is 1. The molecule has 0 aromatic heterocycles. The largest absolute Gasteiger partial charge is 0.492 e. The predicted molar refractivity (Wildman–Crippen MR) is 69.7 cm³/mol. The standard InChI is InChI=1S/C15H15NO2/c1-16-12-6-4-3-5-10(12)9-11-13(16)7-8-14(17)15(11)18-2/h3-7,9,12H,8H2,1-2H3. The first-order valence-corrected chi connectivity index (χ1v) is 6.03. The molecule has 0 aromatic carbocycles. The zero-order chi connectivity index (χ0) is 12.7. The number of rotatable bonds is 1. The summed E-state index contributed by atoms with van der Waals surface area (Å²) in [7, 11) is 3.61. The Bertz CT molecular complexity index is 561. The first-order chi connectivity index (χ1) is 8.72. The van der Waals surface area contributed by atoms with Gasteiger partial charge in [-0.15, -0.1) is 0 Å². The average molecular weight is 241 g/mol. The molecule has 0 spiro atoms. The van der Waals surface area contributed by atoms with E-state index in [2.05, 4.69) is 36.3 Å². The van der Waals surface area contributed by atoms with Crippen LogP contribution in [0.4, 0.5) is 0 Å². The van der Waals surface area contributed by atoms with Gasteiger partial charge < -0.3 is 9.64 Å². The average Bonchev–Trinajstić information content (AvgIpc) is 2.39. The molecule has 1 aliphatic heterocycles. The number of ketones is 1. The van der Waals surface area contributed by atoms with Crippen LogP contribution >= 0.6 is 0 Å². The van der Waals surface area contributed by atoms with Crippen molar-refractivity contribution in [2.24, 2.45) is 0 Å². The number of allylic oxidation sites excluding steroid dienone is 5. The molecule has 18 heavy (non-hydrogen) atoms. The fraction of sp³-hybridized carbons (Fsp3) is 0.267. The van der Waals surface area contributed by atoms with E-state index < -0.39 is 0 Å². The number of fused-ring (bicyclic) bond motifs is 2. The van der Waals surface area contributed by atoms with E-state index in [0.717, 1.165) is 11.3 Å². The maximum absolute atomic E-state index is 11.8. The number of Topliss-reactive ketones (excluding diaryl/α,β-unsaturated/α-hetero) is 1. The molecule has 3 aliphatic rings. The van der Waals surface area contributed by atoms with Gasteiger partial charge in [-0.3, -0.25) is 4.79 Å². The van der Waals surface area contributed by atoms with Crippen molar-refractivity contribution >= 4 is 5.78 Å². The van der Waals surface area contributed by atoms with Gasteiger partial charge in [0.25, 0.3) is 0 Å². The number of nitrogens with zero attached hydrogens (tertiary/aromatic N) is 1. The van der Waals surface area contributed by atoms with Crippen LogP contribution in [0, 0.1) is 0 Å². The number of ether oxygens (including phenoxy) is 1. The zero-order valence-electron chi connectivity index (χ0n) is 10.5. The molecule has 3 heteroatoms. The summed E-state index contributed by atoms with van der Waals surface area (Å²) in [5.74, 6) is 0.531. The molecule has 0 amide bonds. The molecule has 2 aliphatic carbocycles. The minimum Gasteiger partial charge on any atom is -0.492 e. The molecule has 3 rings (SSSR count). The fourth-order valence-electron chi connectivity index (χ4n) is 2.70. The number of hydrogen-bond acceptors (Lipinski definition) is 3. The monoisotopic (exact) mass is 241 g/mol. The molecular formula is C15H15NO2. The smallest absolute Gasteiger partial charge is 0.201 e. The van der Waals surface area contributed by atoms with Crippen LogP contribution in [-0.2, 0) is 9.53 Å². The van der Waals surface area contributed by atoms with Gasteiger partial charge in [-0.2, -0.15) is 0 Å². The molecule has 0 N–H and O–H groups in total. The number of carbonyl (C=O) groups is 1. The lowest BCUT2D eigenvalue weighted by atomic mass is 9.88. The van der Waals surface area contributed by atoms with E-state index in [1.54, 1.807) is 7.11 Å². The van der Waals surface area contributed by atoms with E-state index >= 15 is 0 Å². The summed E-state index contributed by atoms with van der Waals surface area (Å²) in [5.41, 5.74) is 3.18. The second kappa shape index (κ2) is 4.02. The van der Waals surface area contributed by atoms with Gasteiger partial charge >= 0.3 is 0 Å². The van der Waals surface area contributed by atoms with Crippen molar-refractivity contribution < 1.29 is 9.53 Å². The molecule has 0 aromatic rings. The third-order valence-electron chi connectivity index (χ3n) is 3.60. The second-order valence-electron chi connectivity index (χ2n) is 4.61. The van der Waals surface area contributed by atoms with Crippen molar-refractivity contribution in [2.75, 3.05) is 14.2 Å². The third kappa shape index (κ3) is 1.47. The summed E-state index contributed by atoms with van der Waals surface area (Å²) < 4.78 is 5.28. The Kier molecular flexibility index (Phi) is 2.47. The summed E-state index contributed by atoms with van der Waals surface area (Å²) >= 11 is 0. The van der Waals surface area contributed by atoms with Gasteiger partial charge in [0, 0.05) is 24.7 Å². The highest BCUT2D eigenvalue weighted by Crippen LogP contribution is 2.36. The van der Waals surface area contributed by atoms with Gasteiger partial charge in [-0.05, 0) is 11.6 Å². The maximum Gasteiger partial charge on any atom is 0.201 e. The Balaban J connectivity index is 2.18. The van der Waals surface area contributed by atoms with Crippen LogP contribution in [0.15, 0.2) is 59.1 Å². The van der Waals surface area contributed by atoms with E-state index in [-0.39, 0.29) is 11.8 Å². The molecule has 1 unspecified atom stereocenters. The van der Waals surface area contributed by atoms with Crippen molar-refractivity contribution in [1.82, 2.24) is 4.90 Å². The van der Waals surface area contributed by atoms with Gasteiger partial charge in [0.05, 0.1) is 13.2 Å². The summed E-state index contributed by atoms with van der Waals surface area (Å²) in [6.45, 7) is 0. The Morgan fingerprint density at radius 2 is 2.22 bits per heavy atom.